The molecule has 0 unspecified atom stereocenters. The van der Waals surface area contributed by atoms with E-state index in [0.29, 0.717) is 0 Å². The van der Waals surface area contributed by atoms with Gasteiger partial charge in [0.15, 0.2) is 0 Å². The highest BCUT2D eigenvalue weighted by Gasteiger charge is 2.28. The number of ether oxygens (including phenoxy) is 2. The van der Waals surface area contributed by atoms with E-state index in [1.807, 2.05) is 4.72 Å². The van der Waals surface area contributed by atoms with E-state index in [-0.39, 0.29) is 17.4 Å². The zero-order valence-corrected chi connectivity index (χ0v) is 12.4. The molecule has 0 aliphatic rings. The second kappa shape index (κ2) is 7.30. The Bertz CT molecular complexity index is 533. The van der Waals surface area contributed by atoms with Crippen molar-refractivity contribution in [1.29, 1.82) is 0 Å². The molecule has 1 rings (SSSR count). The van der Waals surface area contributed by atoms with E-state index in [1.54, 1.807) is 0 Å². The first-order chi connectivity index (χ1) is 9.26. The Morgan fingerprint density at radius 3 is 2.65 bits per heavy atom. The molecule has 0 bridgehead atoms. The molecule has 6 nitrogen and oxygen atoms in total. The molecule has 20 heavy (non-hydrogen) atoms. The van der Waals surface area contributed by atoms with Gasteiger partial charge in [-0.15, -0.1) is 0 Å². The fraction of sp³-hybridized carbons (Fsp3) is 0.455. The second-order valence-corrected chi connectivity index (χ2v) is 5.60. The Balaban J connectivity index is 3.11. The first-order valence-electron chi connectivity index (χ1n) is 5.55. The number of nitrogens with one attached hydrogen (secondary N) is 1. The Hall–Kier alpha value is -0.770. The van der Waals surface area contributed by atoms with Crippen LogP contribution in [-0.4, -0.2) is 32.9 Å². The van der Waals surface area contributed by atoms with Crippen molar-refractivity contribution in [3.63, 3.8) is 0 Å². The third-order valence-corrected chi connectivity index (χ3v) is 3.44. The summed E-state index contributed by atoms with van der Waals surface area (Å²) in [7, 11) is -3.10. The summed E-state index contributed by atoms with van der Waals surface area (Å²) in [6.07, 6.45) is -1.06. The van der Waals surface area contributed by atoms with Crippen LogP contribution in [0.1, 0.15) is 18.6 Å². The van der Waals surface area contributed by atoms with Crippen molar-refractivity contribution in [3.8, 4) is 0 Å². The van der Waals surface area contributed by atoms with Crippen LogP contribution in [0.25, 0.3) is 0 Å². The lowest BCUT2D eigenvalue weighted by Gasteiger charge is -2.25. The minimum Gasteiger partial charge on any atom is -0.359 e. The molecule has 0 spiro atoms. The lowest BCUT2D eigenvalue weighted by Crippen LogP contribution is -2.38. The molecule has 114 valence electrons. The highest BCUT2D eigenvalue weighted by Crippen LogP contribution is 2.31. The maximum Gasteiger partial charge on any atom is 0.333 e. The van der Waals surface area contributed by atoms with E-state index in [4.69, 9.17) is 25.6 Å². The van der Waals surface area contributed by atoms with E-state index < -0.39 is 28.3 Å². The highest BCUT2D eigenvalue weighted by molar-refractivity contribution is 7.83. The molecule has 0 saturated heterocycles. The summed E-state index contributed by atoms with van der Waals surface area (Å²) in [4.78, 5) is 0. The maximum atomic E-state index is 13.9. The smallest absolute Gasteiger partial charge is 0.333 e. The zero-order valence-electron chi connectivity index (χ0n) is 10.8. The molecule has 9 heteroatoms. The molecule has 0 fully saturated rings. The molecular weight excluding hydrogens is 313 g/mol. The molecule has 0 radical (unpaired) electrons. The fourth-order valence-corrected chi connectivity index (χ4v) is 2.56. The van der Waals surface area contributed by atoms with Crippen LogP contribution in [0.2, 0.25) is 5.02 Å². The highest BCUT2D eigenvalue weighted by atomic mass is 35.5. The summed E-state index contributed by atoms with van der Waals surface area (Å²) < 4.78 is 56.3. The summed E-state index contributed by atoms with van der Waals surface area (Å²) in [5.41, 5.74) is -0.0186. The van der Waals surface area contributed by atoms with Gasteiger partial charge in [0.25, 0.3) is 0 Å². The topological polar surface area (TPSA) is 84.9 Å². The molecular formula is C11H15ClFNO5S. The monoisotopic (exact) mass is 327 g/mol. The van der Waals surface area contributed by atoms with Crippen LogP contribution >= 0.6 is 11.6 Å². The van der Waals surface area contributed by atoms with Crippen LogP contribution in [0.15, 0.2) is 18.2 Å². The van der Waals surface area contributed by atoms with Gasteiger partial charge in [-0.05, 0) is 19.1 Å². The number of rotatable bonds is 7. The molecule has 1 aromatic rings. The summed E-state index contributed by atoms with van der Waals surface area (Å²) in [5.74, 6) is -0.650. The van der Waals surface area contributed by atoms with Gasteiger partial charge in [-0.1, -0.05) is 17.7 Å². The van der Waals surface area contributed by atoms with Crippen LogP contribution in [0, 0.1) is 5.82 Å². The lowest BCUT2D eigenvalue weighted by atomic mass is 10.0. The SMILES string of the molecule is COCO[C@@H](c1c(F)cccc1Cl)[C@H](C)NS(=O)(=O)O. The van der Waals surface area contributed by atoms with Crippen molar-refractivity contribution >= 4 is 21.9 Å². The molecule has 1 aromatic carbocycles. The molecule has 0 heterocycles. The second-order valence-electron chi connectivity index (χ2n) is 4.01. The van der Waals surface area contributed by atoms with Crippen LogP contribution < -0.4 is 4.72 Å². The summed E-state index contributed by atoms with van der Waals surface area (Å²) in [5, 5.41) is 0.0788. The van der Waals surface area contributed by atoms with E-state index in [2.05, 4.69) is 0 Å². The molecule has 2 atom stereocenters. The van der Waals surface area contributed by atoms with Crippen LogP contribution in [0.3, 0.4) is 0 Å². The van der Waals surface area contributed by atoms with Gasteiger partial charge in [-0.2, -0.15) is 13.1 Å². The van der Waals surface area contributed by atoms with Crippen molar-refractivity contribution in [1.82, 2.24) is 4.72 Å². The first-order valence-corrected chi connectivity index (χ1v) is 7.37. The van der Waals surface area contributed by atoms with E-state index in [1.165, 1.54) is 32.2 Å². The average molecular weight is 328 g/mol. The summed E-state index contributed by atoms with van der Waals surface area (Å²) >= 11 is 5.92. The minimum atomic E-state index is -4.46. The van der Waals surface area contributed by atoms with Gasteiger partial charge < -0.3 is 9.47 Å². The van der Waals surface area contributed by atoms with E-state index in [0.717, 1.165) is 0 Å². The fourth-order valence-electron chi connectivity index (χ4n) is 1.70. The van der Waals surface area contributed by atoms with Crippen molar-refractivity contribution in [2.45, 2.75) is 19.1 Å². The van der Waals surface area contributed by atoms with Gasteiger partial charge in [0.05, 0.1) is 6.04 Å². The molecule has 0 amide bonds. The Morgan fingerprint density at radius 2 is 2.15 bits per heavy atom. The summed E-state index contributed by atoms with van der Waals surface area (Å²) in [6, 6.07) is 3.07. The normalized spacial score (nSPS) is 15.1. The van der Waals surface area contributed by atoms with Crippen LogP contribution in [0.5, 0.6) is 0 Å². The molecule has 2 N–H and O–H groups in total. The van der Waals surface area contributed by atoms with Crippen LogP contribution in [0.4, 0.5) is 4.39 Å². The number of hydrogen-bond acceptors (Lipinski definition) is 4. The van der Waals surface area contributed by atoms with Crippen LogP contribution in [-0.2, 0) is 19.8 Å². The predicted octanol–water partition coefficient (Wildman–Crippen LogP) is 1.92. The molecule has 0 aliphatic carbocycles. The van der Waals surface area contributed by atoms with Gasteiger partial charge in [-0.25, -0.2) is 4.39 Å². The van der Waals surface area contributed by atoms with Crippen molar-refractivity contribution in [3.05, 3.63) is 34.6 Å². The van der Waals surface area contributed by atoms with Gasteiger partial charge in [0.1, 0.15) is 18.7 Å². The average Bonchev–Trinajstić information content (AvgIpc) is 2.30. The minimum absolute atomic E-state index is 0.0186. The summed E-state index contributed by atoms with van der Waals surface area (Å²) in [6.45, 7) is 1.20. The van der Waals surface area contributed by atoms with Crippen molar-refractivity contribution in [2.24, 2.45) is 0 Å². The number of halogens is 2. The molecule has 0 saturated carbocycles. The number of methoxy groups -OCH3 is 1. The largest absolute Gasteiger partial charge is 0.359 e. The zero-order chi connectivity index (χ0) is 15.3. The quantitative estimate of drug-likeness (QED) is 0.590. The van der Waals surface area contributed by atoms with Crippen molar-refractivity contribution < 1.29 is 26.8 Å². The Kier molecular flexibility index (Phi) is 6.31. The Labute approximate surface area is 121 Å². The van der Waals surface area contributed by atoms with Gasteiger partial charge in [0.2, 0.25) is 0 Å². The van der Waals surface area contributed by atoms with Crippen molar-refractivity contribution in [2.75, 3.05) is 13.9 Å². The first kappa shape index (κ1) is 17.3. The Morgan fingerprint density at radius 1 is 1.50 bits per heavy atom. The number of hydrogen-bond donors (Lipinski definition) is 2. The van der Waals surface area contributed by atoms with Gasteiger partial charge >= 0.3 is 10.3 Å². The standard InChI is InChI=1S/C11H15ClFNO5S/c1-7(14-20(15,16)17)11(19-6-18-2)10-8(12)4-3-5-9(10)13/h3-5,7,11,14H,6H2,1-2H3,(H,15,16,17)/t7-,11+/m0/s1. The van der Waals surface area contributed by atoms with E-state index >= 15 is 0 Å². The molecule has 0 aliphatic heterocycles. The van der Waals surface area contributed by atoms with Gasteiger partial charge in [-0.3, -0.25) is 4.55 Å². The maximum absolute atomic E-state index is 13.9. The number of benzene rings is 1. The molecule has 0 aromatic heterocycles. The lowest BCUT2D eigenvalue weighted by molar-refractivity contribution is -0.0824. The predicted molar refractivity (Wildman–Crippen MR) is 71.3 cm³/mol. The third kappa shape index (κ3) is 4.97. The van der Waals surface area contributed by atoms with E-state index in [9.17, 15) is 12.8 Å². The van der Waals surface area contributed by atoms with Gasteiger partial charge in [0, 0.05) is 17.7 Å². The third-order valence-electron chi connectivity index (χ3n) is 2.44.